The normalized spacial score (nSPS) is 23.5. The van der Waals surface area contributed by atoms with Gasteiger partial charge in [-0.2, -0.15) is 13.2 Å². The summed E-state index contributed by atoms with van der Waals surface area (Å²) in [6, 6.07) is 1.27. The molecule has 1 spiro atoms. The summed E-state index contributed by atoms with van der Waals surface area (Å²) in [4.78, 5) is 35.8. The lowest BCUT2D eigenvalue weighted by molar-refractivity contribution is -0.194. The molecule has 2 fully saturated rings. The molecule has 0 atom stereocenters. The molecule has 1 saturated heterocycles. The van der Waals surface area contributed by atoms with E-state index in [0.717, 1.165) is 37.3 Å². The van der Waals surface area contributed by atoms with E-state index in [4.69, 9.17) is 4.52 Å². The minimum absolute atomic E-state index is 0.0400. The zero-order chi connectivity index (χ0) is 21.2. The molecule has 1 saturated carbocycles. The lowest BCUT2D eigenvalue weighted by atomic mass is 9.61. The Morgan fingerprint density at radius 3 is 2.72 bits per heavy atom. The van der Waals surface area contributed by atoms with E-state index < -0.39 is 24.1 Å². The third kappa shape index (κ3) is 4.86. The predicted molar refractivity (Wildman–Crippen MR) is 90.5 cm³/mol. The summed E-state index contributed by atoms with van der Waals surface area (Å²) in [7, 11) is 1.40. The highest BCUT2D eigenvalue weighted by Crippen LogP contribution is 2.49. The highest BCUT2D eigenvalue weighted by Gasteiger charge is 2.47. The number of nitrogens with zero attached hydrogens (tertiary/aromatic N) is 2. The van der Waals surface area contributed by atoms with Crippen molar-refractivity contribution in [3.05, 3.63) is 17.5 Å². The van der Waals surface area contributed by atoms with Gasteiger partial charge in [-0.15, -0.1) is 0 Å². The first-order valence-electron chi connectivity index (χ1n) is 9.08. The fourth-order valence-electron chi connectivity index (χ4n) is 3.97. The fraction of sp³-hybridized carbons (Fsp3) is 0.647. The van der Waals surface area contributed by atoms with E-state index in [1.54, 1.807) is 0 Å². The minimum Gasteiger partial charge on any atom is -0.369 e. The van der Waals surface area contributed by atoms with E-state index in [0.29, 0.717) is 0 Å². The van der Waals surface area contributed by atoms with Gasteiger partial charge < -0.3 is 19.9 Å². The van der Waals surface area contributed by atoms with Crippen LogP contribution in [-0.2, 0) is 16.1 Å². The summed E-state index contributed by atoms with van der Waals surface area (Å²) in [5.41, 5.74) is 0.127. The molecule has 1 aromatic heterocycles. The number of alkyl halides is 3. The van der Waals surface area contributed by atoms with Crippen LogP contribution >= 0.6 is 0 Å². The second-order valence-electron chi connectivity index (χ2n) is 7.49. The summed E-state index contributed by atoms with van der Waals surface area (Å²) in [6.45, 7) is 1.61. The van der Waals surface area contributed by atoms with Crippen LogP contribution < -0.4 is 10.6 Å². The molecule has 1 aliphatic carbocycles. The van der Waals surface area contributed by atoms with Crippen molar-refractivity contribution < 1.29 is 36.8 Å². The van der Waals surface area contributed by atoms with E-state index in [1.807, 2.05) is 0 Å². The summed E-state index contributed by atoms with van der Waals surface area (Å²) >= 11 is 0. The lowest BCUT2D eigenvalue weighted by Crippen LogP contribution is -2.46. The maximum atomic E-state index is 12.4. The average Bonchev–Trinajstić information content (AvgIpc) is 3.28. The standard InChI is InChI=1S/C17H21F3N4O5/c1-21-13(25)12-4-11(29-23-12)8-24(15(27)28-14(26)17(18,19)20)7-10-5-16(6-10)2-3-22-9-16/h4,10,22H,2-3,5-9H2,1H3,(H,21,25). The highest BCUT2D eigenvalue weighted by molar-refractivity contribution is 5.92. The monoisotopic (exact) mass is 418 g/mol. The molecule has 0 unspecified atom stereocenters. The second-order valence-corrected chi connectivity index (χ2v) is 7.49. The molecule has 1 aliphatic heterocycles. The second kappa shape index (κ2) is 8.01. The van der Waals surface area contributed by atoms with Gasteiger partial charge in [0.1, 0.15) is 0 Å². The molecule has 2 amide bonds. The smallest absolute Gasteiger partial charge is 0.369 e. The van der Waals surface area contributed by atoms with Crippen LogP contribution in [0.25, 0.3) is 0 Å². The Morgan fingerprint density at radius 1 is 1.41 bits per heavy atom. The minimum atomic E-state index is -5.28. The molecular formula is C17H21F3N4O5. The summed E-state index contributed by atoms with van der Waals surface area (Å²) in [5.74, 6) is -2.96. The first-order valence-corrected chi connectivity index (χ1v) is 9.08. The molecule has 2 N–H and O–H groups in total. The van der Waals surface area contributed by atoms with E-state index in [1.165, 1.54) is 13.1 Å². The van der Waals surface area contributed by atoms with Gasteiger partial charge in [0.05, 0.1) is 6.54 Å². The first kappa shape index (κ1) is 21.1. The van der Waals surface area contributed by atoms with Crippen molar-refractivity contribution in [2.75, 3.05) is 26.7 Å². The SMILES string of the molecule is CNC(=O)c1cc(CN(CC2CC3(CCNC3)C2)C(=O)OC(=O)C(F)(F)F)on1. The predicted octanol–water partition coefficient (Wildman–Crippen LogP) is 1.45. The van der Waals surface area contributed by atoms with Crippen molar-refractivity contribution >= 4 is 18.0 Å². The van der Waals surface area contributed by atoms with Crippen molar-refractivity contribution in [2.24, 2.45) is 11.3 Å². The van der Waals surface area contributed by atoms with Crippen LogP contribution in [0.4, 0.5) is 18.0 Å². The molecule has 3 rings (SSSR count). The number of esters is 1. The van der Waals surface area contributed by atoms with Crippen molar-refractivity contribution in [1.29, 1.82) is 0 Å². The van der Waals surface area contributed by atoms with Gasteiger partial charge in [0.15, 0.2) is 11.5 Å². The van der Waals surface area contributed by atoms with Crippen LogP contribution in [0.2, 0.25) is 0 Å². The first-order chi connectivity index (χ1) is 13.6. The van der Waals surface area contributed by atoms with E-state index >= 15 is 0 Å². The van der Waals surface area contributed by atoms with Gasteiger partial charge in [-0.25, -0.2) is 9.59 Å². The molecule has 2 heterocycles. The van der Waals surface area contributed by atoms with Crippen molar-refractivity contribution in [3.8, 4) is 0 Å². The summed E-state index contributed by atoms with van der Waals surface area (Å²) < 4.78 is 46.3. The number of carbonyl (C=O) groups is 3. The number of amides is 2. The Hall–Kier alpha value is -2.63. The number of rotatable bonds is 5. The van der Waals surface area contributed by atoms with Gasteiger partial charge in [0.25, 0.3) is 5.91 Å². The van der Waals surface area contributed by atoms with Gasteiger partial charge in [-0.1, -0.05) is 5.16 Å². The molecule has 0 radical (unpaired) electrons. The highest BCUT2D eigenvalue weighted by atomic mass is 19.4. The topological polar surface area (TPSA) is 114 Å². The number of nitrogens with one attached hydrogen (secondary N) is 2. The number of ether oxygens (including phenoxy) is 1. The van der Waals surface area contributed by atoms with Gasteiger partial charge >= 0.3 is 18.2 Å². The van der Waals surface area contributed by atoms with Crippen LogP contribution in [0.15, 0.2) is 10.6 Å². The molecule has 1 aromatic rings. The molecule has 160 valence electrons. The zero-order valence-electron chi connectivity index (χ0n) is 15.7. The van der Waals surface area contributed by atoms with Crippen molar-refractivity contribution in [3.63, 3.8) is 0 Å². The molecule has 2 aliphatic rings. The Balaban J connectivity index is 1.67. The Labute approximate surface area is 163 Å². The van der Waals surface area contributed by atoms with E-state index in [9.17, 15) is 27.6 Å². The Bertz CT molecular complexity index is 780. The molecule has 12 heteroatoms. The summed E-state index contributed by atoms with van der Waals surface area (Å²) in [6.07, 6.45) is -4.06. The van der Waals surface area contributed by atoms with Crippen LogP contribution in [0, 0.1) is 11.3 Å². The van der Waals surface area contributed by atoms with Crippen LogP contribution in [-0.4, -0.2) is 60.9 Å². The Kier molecular flexibility index (Phi) is 5.82. The molecule has 9 nitrogen and oxygen atoms in total. The van der Waals surface area contributed by atoms with Crippen LogP contribution in [0.3, 0.4) is 0 Å². The Morgan fingerprint density at radius 2 is 2.14 bits per heavy atom. The van der Waals surface area contributed by atoms with Gasteiger partial charge in [-0.05, 0) is 37.1 Å². The largest absolute Gasteiger partial charge is 0.491 e. The fourth-order valence-corrected chi connectivity index (χ4v) is 3.97. The van der Waals surface area contributed by atoms with Crippen LogP contribution in [0.1, 0.15) is 35.5 Å². The number of hydrogen-bond acceptors (Lipinski definition) is 7. The third-order valence-corrected chi connectivity index (χ3v) is 5.29. The number of hydrogen-bond donors (Lipinski definition) is 2. The van der Waals surface area contributed by atoms with E-state index in [2.05, 4.69) is 20.5 Å². The summed E-state index contributed by atoms with van der Waals surface area (Å²) in [5, 5.41) is 9.18. The zero-order valence-corrected chi connectivity index (χ0v) is 15.7. The molecule has 0 aromatic carbocycles. The van der Waals surface area contributed by atoms with Crippen molar-refractivity contribution in [1.82, 2.24) is 20.7 Å². The van der Waals surface area contributed by atoms with Gasteiger partial charge in [0.2, 0.25) is 0 Å². The van der Waals surface area contributed by atoms with Crippen molar-refractivity contribution in [2.45, 2.75) is 32.0 Å². The van der Waals surface area contributed by atoms with Gasteiger partial charge in [-0.3, -0.25) is 9.69 Å². The lowest BCUT2D eigenvalue weighted by Gasteiger charge is -2.46. The third-order valence-electron chi connectivity index (χ3n) is 5.29. The number of carbonyl (C=O) groups excluding carboxylic acids is 3. The van der Waals surface area contributed by atoms with Crippen LogP contribution in [0.5, 0.6) is 0 Å². The number of halogens is 3. The maximum absolute atomic E-state index is 12.4. The number of aromatic nitrogens is 1. The average molecular weight is 418 g/mol. The molecular weight excluding hydrogens is 397 g/mol. The molecule has 29 heavy (non-hydrogen) atoms. The van der Waals surface area contributed by atoms with E-state index in [-0.39, 0.29) is 35.9 Å². The quantitative estimate of drug-likeness (QED) is 0.550. The maximum Gasteiger partial charge on any atom is 0.491 e. The molecule has 0 bridgehead atoms. The van der Waals surface area contributed by atoms with Gasteiger partial charge in [0, 0.05) is 26.2 Å².